The van der Waals surface area contributed by atoms with Crippen LogP contribution in [0.2, 0.25) is 0 Å². The maximum Gasteiger partial charge on any atom is 0.407 e. The maximum atomic E-state index is 6.89. The second-order valence-corrected chi connectivity index (χ2v) is 15.3. The summed E-state index contributed by atoms with van der Waals surface area (Å²) in [6, 6.07) is 21.3. The van der Waals surface area contributed by atoms with Crippen molar-refractivity contribution in [2.24, 2.45) is 22.7 Å². The van der Waals surface area contributed by atoms with Gasteiger partial charge in [-0.1, -0.05) is 116 Å². The van der Waals surface area contributed by atoms with Gasteiger partial charge in [0, 0.05) is 13.2 Å². The van der Waals surface area contributed by atoms with Crippen LogP contribution in [0.25, 0.3) is 0 Å². The molecule has 0 aliphatic carbocycles. The van der Waals surface area contributed by atoms with Crippen LogP contribution in [0.15, 0.2) is 60.7 Å². The van der Waals surface area contributed by atoms with Gasteiger partial charge in [0.25, 0.3) is 0 Å². The third-order valence-corrected chi connectivity index (χ3v) is 9.47. The van der Waals surface area contributed by atoms with Crippen molar-refractivity contribution in [2.45, 2.75) is 81.1 Å². The predicted molar refractivity (Wildman–Crippen MR) is 146 cm³/mol. The molecule has 2 nitrogen and oxygen atoms in total. The van der Waals surface area contributed by atoms with E-state index in [2.05, 4.69) is 116 Å². The first-order valence-electron chi connectivity index (χ1n) is 12.8. The summed E-state index contributed by atoms with van der Waals surface area (Å²) in [5.74, 6) is 1.24. The van der Waals surface area contributed by atoms with Gasteiger partial charge in [0.15, 0.2) is 0 Å². The second kappa shape index (κ2) is 12.3. The SMILES string of the molecule is CC(CCO[Si](OCCC(C)CC(C)(C)C)(c1ccccc1)c1ccccc1)CC(C)(C)C. The highest BCUT2D eigenvalue weighted by molar-refractivity contribution is 6.92. The van der Waals surface area contributed by atoms with E-state index in [9.17, 15) is 0 Å². The van der Waals surface area contributed by atoms with Crippen LogP contribution in [0.4, 0.5) is 0 Å². The van der Waals surface area contributed by atoms with Gasteiger partial charge in [-0.15, -0.1) is 0 Å². The largest absolute Gasteiger partial charge is 0.407 e. The molecule has 0 spiro atoms. The second-order valence-electron chi connectivity index (χ2n) is 12.4. The third-order valence-electron chi connectivity index (χ3n) is 6.06. The van der Waals surface area contributed by atoms with Gasteiger partial charge < -0.3 is 8.85 Å². The summed E-state index contributed by atoms with van der Waals surface area (Å²) in [7, 11) is -2.80. The van der Waals surface area contributed by atoms with Crippen molar-refractivity contribution < 1.29 is 8.85 Å². The highest BCUT2D eigenvalue weighted by Gasteiger charge is 2.42. The first kappa shape index (κ1) is 27.8. The van der Waals surface area contributed by atoms with Crippen molar-refractivity contribution in [2.75, 3.05) is 13.2 Å². The van der Waals surface area contributed by atoms with E-state index < -0.39 is 8.56 Å². The van der Waals surface area contributed by atoms with Gasteiger partial charge in [-0.05, 0) is 58.7 Å². The molecule has 184 valence electrons. The van der Waals surface area contributed by atoms with E-state index in [4.69, 9.17) is 8.85 Å². The predicted octanol–water partition coefficient (Wildman–Crippen LogP) is 7.20. The van der Waals surface area contributed by atoms with Gasteiger partial charge >= 0.3 is 8.56 Å². The van der Waals surface area contributed by atoms with E-state index in [1.165, 1.54) is 23.2 Å². The van der Waals surface area contributed by atoms with Gasteiger partial charge in [0.2, 0.25) is 0 Å². The Kier molecular flexibility index (Phi) is 10.4. The average Bonchev–Trinajstić information content (AvgIpc) is 2.71. The van der Waals surface area contributed by atoms with Crippen LogP contribution in [0, 0.1) is 22.7 Å². The van der Waals surface area contributed by atoms with E-state index in [-0.39, 0.29) is 0 Å². The Morgan fingerprint density at radius 3 is 1.24 bits per heavy atom. The van der Waals surface area contributed by atoms with Crippen molar-refractivity contribution in [1.29, 1.82) is 0 Å². The van der Waals surface area contributed by atoms with Gasteiger partial charge in [0.05, 0.1) is 0 Å². The van der Waals surface area contributed by atoms with Crippen LogP contribution in [0.1, 0.15) is 81.1 Å². The lowest BCUT2D eigenvalue weighted by atomic mass is 9.84. The molecule has 2 rings (SSSR count). The standard InChI is InChI=1S/C30H48O2Si/c1-25(23-29(3,4)5)19-21-31-33(27-15-11-9-12-16-27,28-17-13-10-14-18-28)32-22-20-26(2)24-30(6,7)8/h9-18,25-26H,19-24H2,1-8H3. The first-order valence-corrected chi connectivity index (χ1v) is 14.6. The van der Waals surface area contributed by atoms with Crippen LogP contribution in [-0.2, 0) is 8.85 Å². The van der Waals surface area contributed by atoms with Gasteiger partial charge in [-0.3, -0.25) is 0 Å². The van der Waals surface area contributed by atoms with Gasteiger partial charge in [0.1, 0.15) is 0 Å². The maximum absolute atomic E-state index is 6.89. The molecule has 0 heterocycles. The van der Waals surface area contributed by atoms with Crippen LogP contribution in [0.3, 0.4) is 0 Å². The Labute approximate surface area is 205 Å². The van der Waals surface area contributed by atoms with E-state index in [1.54, 1.807) is 0 Å². The molecule has 0 fully saturated rings. The molecule has 3 heteroatoms. The average molecular weight is 469 g/mol. The lowest BCUT2D eigenvalue weighted by molar-refractivity contribution is 0.160. The molecule has 0 aromatic heterocycles. The zero-order valence-corrected chi connectivity index (χ0v) is 23.5. The normalized spacial score (nSPS) is 14.8. The first-order chi connectivity index (χ1) is 15.4. The molecule has 0 N–H and O–H groups in total. The number of hydrogen-bond acceptors (Lipinski definition) is 2. The van der Waals surface area contributed by atoms with Crippen molar-refractivity contribution in [3.63, 3.8) is 0 Å². The highest BCUT2D eigenvalue weighted by atomic mass is 28.4. The van der Waals surface area contributed by atoms with Crippen molar-refractivity contribution in [3.05, 3.63) is 60.7 Å². The molecule has 2 atom stereocenters. The summed E-state index contributed by atoms with van der Waals surface area (Å²) in [5, 5.41) is 2.39. The Balaban J connectivity index is 2.24. The zero-order valence-electron chi connectivity index (χ0n) is 22.5. The molecule has 0 aliphatic rings. The summed E-state index contributed by atoms with van der Waals surface area (Å²) < 4.78 is 13.8. The summed E-state index contributed by atoms with van der Waals surface area (Å²) in [6.07, 6.45) is 4.50. The smallest absolute Gasteiger partial charge is 0.388 e. The third kappa shape index (κ3) is 9.76. The fraction of sp³-hybridized carbons (Fsp3) is 0.600. The zero-order chi connectivity index (χ0) is 24.5. The Morgan fingerprint density at radius 1 is 0.606 bits per heavy atom. The molecule has 0 amide bonds. The summed E-state index contributed by atoms with van der Waals surface area (Å²) in [6.45, 7) is 20.1. The topological polar surface area (TPSA) is 18.5 Å². The monoisotopic (exact) mass is 468 g/mol. The van der Waals surface area contributed by atoms with Gasteiger partial charge in [-0.2, -0.15) is 0 Å². The molecule has 2 aromatic carbocycles. The quantitative estimate of drug-likeness (QED) is 0.307. The molecule has 2 aromatic rings. The Hall–Kier alpha value is -1.42. The lowest BCUT2D eigenvalue weighted by Crippen LogP contribution is -2.63. The molecule has 0 saturated carbocycles. The minimum atomic E-state index is -2.80. The van der Waals surface area contributed by atoms with Crippen molar-refractivity contribution >= 4 is 18.9 Å². The van der Waals surface area contributed by atoms with Crippen molar-refractivity contribution in [1.82, 2.24) is 0 Å². The molecule has 0 saturated heterocycles. The molecular formula is C30H48O2Si. The molecule has 33 heavy (non-hydrogen) atoms. The van der Waals surface area contributed by atoms with Crippen molar-refractivity contribution in [3.8, 4) is 0 Å². The minimum Gasteiger partial charge on any atom is -0.388 e. The Bertz CT molecular complexity index is 720. The highest BCUT2D eigenvalue weighted by Crippen LogP contribution is 2.27. The van der Waals surface area contributed by atoms with E-state index >= 15 is 0 Å². The van der Waals surface area contributed by atoms with Crippen LogP contribution >= 0.6 is 0 Å². The summed E-state index contributed by atoms with van der Waals surface area (Å²) in [5.41, 5.74) is 0.680. The van der Waals surface area contributed by atoms with E-state index in [0.29, 0.717) is 22.7 Å². The molecule has 0 radical (unpaired) electrons. The molecule has 0 aliphatic heterocycles. The number of benzene rings is 2. The summed E-state index contributed by atoms with van der Waals surface area (Å²) in [4.78, 5) is 0. The van der Waals surface area contributed by atoms with Gasteiger partial charge in [-0.25, -0.2) is 0 Å². The van der Waals surface area contributed by atoms with Crippen LogP contribution in [0.5, 0.6) is 0 Å². The van der Waals surface area contributed by atoms with E-state index in [0.717, 1.165) is 26.1 Å². The minimum absolute atomic E-state index is 0.340. The Morgan fingerprint density at radius 2 is 0.939 bits per heavy atom. The lowest BCUT2D eigenvalue weighted by Gasteiger charge is -2.33. The van der Waals surface area contributed by atoms with E-state index in [1.807, 2.05) is 0 Å². The number of rotatable bonds is 12. The molecular weight excluding hydrogens is 420 g/mol. The molecule has 0 bridgehead atoms. The molecule has 2 unspecified atom stereocenters. The fourth-order valence-electron chi connectivity index (χ4n) is 4.96. The fourth-order valence-corrected chi connectivity index (χ4v) is 8.12. The van der Waals surface area contributed by atoms with Crippen LogP contribution in [-0.4, -0.2) is 21.8 Å². The summed E-state index contributed by atoms with van der Waals surface area (Å²) >= 11 is 0. The van der Waals surface area contributed by atoms with Crippen LogP contribution < -0.4 is 10.4 Å². The number of hydrogen-bond donors (Lipinski definition) is 0.